The molecule has 14 heteroatoms. The number of rotatable bonds is 6. The number of methoxy groups -OCH3 is 1. The van der Waals surface area contributed by atoms with Gasteiger partial charge in [-0.25, -0.2) is 4.79 Å². The Balaban J connectivity index is 1.61. The number of likely N-dealkylation sites (N-methyl/N-ethyl adjacent to an activating group) is 1. The van der Waals surface area contributed by atoms with Crippen molar-refractivity contribution in [3.63, 3.8) is 0 Å². The lowest BCUT2D eigenvalue weighted by atomic mass is 9.57. The Morgan fingerprint density at radius 3 is 2.24 bits per heavy atom. The SMILES string of the molecule is COc1ccc(NC(=O)Nc2cc(N(C)C)c3c(c2O)C(O)=C2C(=O)C4(O)C(O)=C(C(N)=O)C(=O)C(N(C)C)C4CC2C3)cc1. The van der Waals surface area contributed by atoms with Crippen LogP contribution in [0.1, 0.15) is 17.5 Å². The van der Waals surface area contributed by atoms with Gasteiger partial charge in [0.15, 0.2) is 17.1 Å². The number of phenolic OH excluding ortho intramolecular Hbond substituents is 1. The fourth-order valence-electron chi connectivity index (χ4n) is 6.75. The molecule has 2 aromatic rings. The molecule has 8 N–H and O–H groups in total. The molecule has 4 atom stereocenters. The smallest absolute Gasteiger partial charge is 0.323 e. The number of ketones is 2. The number of anilines is 3. The summed E-state index contributed by atoms with van der Waals surface area (Å²) in [6.45, 7) is 0. The Kier molecular flexibility index (Phi) is 7.75. The second kappa shape index (κ2) is 11.1. The molecule has 3 aliphatic rings. The van der Waals surface area contributed by atoms with E-state index in [1.54, 1.807) is 43.3 Å². The second-order valence-electron chi connectivity index (χ2n) is 11.8. The van der Waals surface area contributed by atoms with Crippen molar-refractivity contribution in [1.82, 2.24) is 4.90 Å². The zero-order valence-corrected chi connectivity index (χ0v) is 25.3. The van der Waals surface area contributed by atoms with Gasteiger partial charge in [0.25, 0.3) is 5.91 Å². The molecule has 238 valence electrons. The third-order valence-corrected chi connectivity index (χ3v) is 8.78. The highest BCUT2D eigenvalue weighted by molar-refractivity contribution is 6.24. The van der Waals surface area contributed by atoms with E-state index in [0.717, 1.165) is 0 Å². The lowest BCUT2D eigenvalue weighted by Crippen LogP contribution is -2.65. The molecule has 2 aromatic carbocycles. The summed E-state index contributed by atoms with van der Waals surface area (Å²) < 4.78 is 5.12. The van der Waals surface area contributed by atoms with Crippen molar-refractivity contribution < 1.29 is 44.3 Å². The first-order chi connectivity index (χ1) is 21.1. The molecule has 0 heterocycles. The number of urea groups is 1. The molecular weight excluding hydrogens is 586 g/mol. The Labute approximate surface area is 258 Å². The van der Waals surface area contributed by atoms with E-state index < -0.39 is 69.8 Å². The summed E-state index contributed by atoms with van der Waals surface area (Å²) in [7, 11) is 8.04. The molecule has 5 rings (SSSR count). The van der Waals surface area contributed by atoms with Gasteiger partial charge in [-0.05, 0) is 68.8 Å². The quantitative estimate of drug-likeness (QED) is 0.182. The molecule has 14 nitrogen and oxygen atoms in total. The number of aliphatic hydroxyl groups is 3. The fraction of sp³-hybridized carbons (Fsp3) is 0.355. The van der Waals surface area contributed by atoms with Gasteiger partial charge in [0.2, 0.25) is 5.78 Å². The van der Waals surface area contributed by atoms with Crippen LogP contribution < -0.4 is 26.0 Å². The maximum absolute atomic E-state index is 14.1. The number of Topliss-reactive ketones (excluding diaryl/α,β-unsaturated/α-hetero) is 2. The highest BCUT2D eigenvalue weighted by Crippen LogP contribution is 2.54. The highest BCUT2D eigenvalue weighted by Gasteiger charge is 2.64. The summed E-state index contributed by atoms with van der Waals surface area (Å²) in [5.74, 6) is -6.94. The van der Waals surface area contributed by atoms with Crippen LogP contribution in [0.2, 0.25) is 0 Å². The topological polar surface area (TPSA) is 215 Å². The van der Waals surface area contributed by atoms with E-state index >= 15 is 0 Å². The van der Waals surface area contributed by atoms with E-state index in [-0.39, 0.29) is 29.7 Å². The largest absolute Gasteiger partial charge is 0.508 e. The van der Waals surface area contributed by atoms with Crippen molar-refractivity contribution in [2.45, 2.75) is 24.5 Å². The number of aromatic hydroxyl groups is 1. The van der Waals surface area contributed by atoms with Crippen LogP contribution in [0.5, 0.6) is 11.5 Å². The summed E-state index contributed by atoms with van der Waals surface area (Å²) in [4.78, 5) is 55.6. The van der Waals surface area contributed by atoms with E-state index in [2.05, 4.69) is 10.6 Å². The van der Waals surface area contributed by atoms with Crippen LogP contribution in [0, 0.1) is 11.8 Å². The van der Waals surface area contributed by atoms with Crippen molar-refractivity contribution in [3.05, 3.63) is 58.4 Å². The number of nitrogens with zero attached hydrogens (tertiary/aromatic N) is 2. The van der Waals surface area contributed by atoms with Gasteiger partial charge < -0.3 is 46.4 Å². The van der Waals surface area contributed by atoms with Crippen molar-refractivity contribution in [2.75, 3.05) is 50.8 Å². The van der Waals surface area contributed by atoms with Crippen molar-refractivity contribution >= 4 is 46.3 Å². The molecule has 1 saturated carbocycles. The number of phenols is 1. The molecule has 0 aromatic heterocycles. The Hall–Kier alpha value is -5.08. The Bertz CT molecular complexity index is 1700. The van der Waals surface area contributed by atoms with E-state index in [9.17, 15) is 39.6 Å². The first kappa shape index (κ1) is 31.3. The number of amides is 3. The van der Waals surface area contributed by atoms with Gasteiger partial charge in [-0.1, -0.05) is 0 Å². The molecule has 0 bridgehead atoms. The summed E-state index contributed by atoms with van der Waals surface area (Å²) in [6.07, 6.45) is 0.0671. The van der Waals surface area contributed by atoms with Gasteiger partial charge in [0, 0.05) is 37.0 Å². The summed E-state index contributed by atoms with van der Waals surface area (Å²) in [5, 5.41) is 51.0. The van der Waals surface area contributed by atoms with E-state index in [4.69, 9.17) is 10.5 Å². The van der Waals surface area contributed by atoms with Crippen LogP contribution in [0.4, 0.5) is 21.9 Å². The number of nitrogens with one attached hydrogen (secondary N) is 2. The van der Waals surface area contributed by atoms with E-state index in [0.29, 0.717) is 22.7 Å². The highest BCUT2D eigenvalue weighted by atomic mass is 16.5. The molecule has 0 radical (unpaired) electrons. The molecule has 0 aliphatic heterocycles. The second-order valence-corrected chi connectivity index (χ2v) is 11.8. The maximum Gasteiger partial charge on any atom is 0.323 e. The lowest BCUT2D eigenvalue weighted by molar-refractivity contribution is -0.153. The number of benzene rings is 2. The summed E-state index contributed by atoms with van der Waals surface area (Å²) in [5.41, 5.74) is 2.65. The molecule has 0 spiro atoms. The molecular formula is C31H35N5O9. The minimum atomic E-state index is -2.75. The third-order valence-electron chi connectivity index (χ3n) is 8.78. The summed E-state index contributed by atoms with van der Waals surface area (Å²) in [6, 6.07) is 6.18. The van der Waals surface area contributed by atoms with Gasteiger partial charge in [0.05, 0.1) is 24.4 Å². The van der Waals surface area contributed by atoms with Crippen LogP contribution in [-0.2, 0) is 20.8 Å². The monoisotopic (exact) mass is 621 g/mol. The Morgan fingerprint density at radius 2 is 1.69 bits per heavy atom. The first-order valence-electron chi connectivity index (χ1n) is 14.1. The number of fused-ring (bicyclic) bond motifs is 3. The number of carbonyl (C=O) groups is 4. The fourth-order valence-corrected chi connectivity index (χ4v) is 6.75. The number of hydrogen-bond donors (Lipinski definition) is 7. The molecule has 4 unspecified atom stereocenters. The number of hydrogen-bond acceptors (Lipinski definition) is 11. The van der Waals surface area contributed by atoms with Gasteiger partial charge in [-0.2, -0.15) is 0 Å². The standard InChI is InChI=1S/C31H35N5O9/c1-35(2)19-12-18(34-30(43)33-14-6-8-15(45-5)9-7-14)24(37)21-16(19)10-13-11-17-23(36(3)4)26(39)22(29(32)42)28(41)31(17,44)27(40)20(13)25(21)38/h6-9,12-13,17,23,37-38,41,44H,10-11H2,1-5H3,(H2,32,42)(H2,33,34,43). The number of ether oxygens (including phenoxy) is 1. The maximum atomic E-state index is 14.1. The van der Waals surface area contributed by atoms with Crippen LogP contribution in [0.15, 0.2) is 47.2 Å². The summed E-state index contributed by atoms with van der Waals surface area (Å²) >= 11 is 0. The van der Waals surface area contributed by atoms with Crippen LogP contribution in [-0.4, -0.2) is 95.8 Å². The van der Waals surface area contributed by atoms with Gasteiger partial charge in [0.1, 0.15) is 22.8 Å². The first-order valence-corrected chi connectivity index (χ1v) is 14.1. The predicted molar refractivity (Wildman–Crippen MR) is 164 cm³/mol. The van der Waals surface area contributed by atoms with Crippen LogP contribution in [0.3, 0.4) is 0 Å². The number of primary amides is 1. The van der Waals surface area contributed by atoms with E-state index in [1.165, 1.54) is 32.2 Å². The molecule has 45 heavy (non-hydrogen) atoms. The zero-order valence-electron chi connectivity index (χ0n) is 25.3. The minimum absolute atomic E-state index is 0.0380. The molecule has 1 fully saturated rings. The van der Waals surface area contributed by atoms with Gasteiger partial charge >= 0.3 is 6.03 Å². The van der Waals surface area contributed by atoms with Crippen molar-refractivity contribution in [2.24, 2.45) is 17.6 Å². The van der Waals surface area contributed by atoms with Gasteiger partial charge in [-0.3, -0.25) is 19.3 Å². The molecule has 3 amide bonds. The zero-order chi connectivity index (χ0) is 33.1. The molecule has 3 aliphatic carbocycles. The van der Waals surface area contributed by atoms with Crippen molar-refractivity contribution in [1.29, 1.82) is 0 Å². The van der Waals surface area contributed by atoms with E-state index in [1.807, 2.05) is 0 Å². The normalized spacial score (nSPS) is 24.1. The minimum Gasteiger partial charge on any atom is -0.508 e. The van der Waals surface area contributed by atoms with Crippen molar-refractivity contribution in [3.8, 4) is 11.5 Å². The Morgan fingerprint density at radius 1 is 1.04 bits per heavy atom. The molecule has 0 saturated heterocycles. The number of nitrogens with two attached hydrogens (primary N) is 1. The number of aliphatic hydroxyl groups excluding tert-OH is 2. The van der Waals surface area contributed by atoms with Gasteiger partial charge in [-0.15, -0.1) is 0 Å². The average molecular weight is 622 g/mol. The average Bonchev–Trinajstić information content (AvgIpc) is 2.96. The third kappa shape index (κ3) is 4.82. The lowest BCUT2D eigenvalue weighted by Gasteiger charge is -2.50. The predicted octanol–water partition coefficient (Wildman–Crippen LogP) is 1.68. The van der Waals surface area contributed by atoms with Crippen LogP contribution >= 0.6 is 0 Å². The van der Waals surface area contributed by atoms with Crippen LogP contribution in [0.25, 0.3) is 5.76 Å². The number of carbonyl (C=O) groups excluding carboxylic acids is 4.